The normalized spacial score (nSPS) is 14.9. The molecule has 1 aromatic rings. The van der Waals surface area contributed by atoms with E-state index in [1.54, 1.807) is 0 Å². The van der Waals surface area contributed by atoms with Crippen LogP contribution < -0.4 is 5.32 Å². The fraction of sp³-hybridized carbons (Fsp3) is 0.273. The number of thioether (sulfide) groups is 1. The Kier molecular flexibility index (Phi) is 4.06. The summed E-state index contributed by atoms with van der Waals surface area (Å²) in [6, 6.07) is 7.44. The lowest BCUT2D eigenvalue weighted by Crippen LogP contribution is -2.35. The van der Waals surface area contributed by atoms with Gasteiger partial charge in [0.05, 0.1) is 5.75 Å². The van der Waals surface area contributed by atoms with Crippen molar-refractivity contribution in [1.82, 2.24) is 10.2 Å². The molecule has 0 spiro atoms. The SMILES string of the molecule is O=C(CSc1ccc(Br)cc1)N1CCNC1=O. The molecule has 1 fully saturated rings. The van der Waals surface area contributed by atoms with Gasteiger partial charge in [-0.15, -0.1) is 11.8 Å². The third-order valence-electron chi connectivity index (χ3n) is 2.33. The number of imide groups is 1. The minimum Gasteiger partial charge on any atom is -0.336 e. The third kappa shape index (κ3) is 3.23. The van der Waals surface area contributed by atoms with E-state index in [4.69, 9.17) is 0 Å². The molecule has 1 aromatic carbocycles. The summed E-state index contributed by atoms with van der Waals surface area (Å²) in [5.74, 6) is 0.141. The summed E-state index contributed by atoms with van der Waals surface area (Å²) in [7, 11) is 0. The molecule has 0 aromatic heterocycles. The summed E-state index contributed by atoms with van der Waals surface area (Å²) in [6.07, 6.45) is 0. The van der Waals surface area contributed by atoms with E-state index in [9.17, 15) is 9.59 Å². The Morgan fingerprint density at radius 1 is 1.41 bits per heavy atom. The quantitative estimate of drug-likeness (QED) is 0.869. The average Bonchev–Trinajstić information content (AvgIpc) is 2.74. The van der Waals surface area contributed by atoms with Crippen molar-refractivity contribution in [3.05, 3.63) is 28.7 Å². The lowest BCUT2D eigenvalue weighted by Gasteiger charge is -2.11. The Balaban J connectivity index is 1.87. The van der Waals surface area contributed by atoms with Crippen molar-refractivity contribution in [1.29, 1.82) is 0 Å². The fourth-order valence-electron chi connectivity index (χ4n) is 1.46. The summed E-state index contributed by atoms with van der Waals surface area (Å²) in [5, 5.41) is 2.61. The van der Waals surface area contributed by atoms with Gasteiger partial charge in [0.15, 0.2) is 0 Å². The van der Waals surface area contributed by atoms with E-state index in [1.807, 2.05) is 24.3 Å². The molecular formula is C11H11BrN2O2S. The number of hydrogen-bond donors (Lipinski definition) is 1. The third-order valence-corrected chi connectivity index (χ3v) is 3.86. The fourth-order valence-corrected chi connectivity index (χ4v) is 2.50. The van der Waals surface area contributed by atoms with Crippen molar-refractivity contribution >= 4 is 39.6 Å². The monoisotopic (exact) mass is 314 g/mol. The number of urea groups is 1. The molecule has 0 saturated carbocycles. The molecule has 1 N–H and O–H groups in total. The van der Waals surface area contributed by atoms with Crippen LogP contribution in [0.2, 0.25) is 0 Å². The number of benzene rings is 1. The minimum absolute atomic E-state index is 0.145. The van der Waals surface area contributed by atoms with E-state index < -0.39 is 0 Å². The first-order valence-electron chi connectivity index (χ1n) is 5.13. The average molecular weight is 315 g/mol. The summed E-state index contributed by atoms with van der Waals surface area (Å²) >= 11 is 4.78. The van der Waals surface area contributed by atoms with Crippen LogP contribution in [0.5, 0.6) is 0 Å². The van der Waals surface area contributed by atoms with Crippen LogP contribution in [0, 0.1) is 0 Å². The van der Waals surface area contributed by atoms with Crippen molar-refractivity contribution in [2.75, 3.05) is 18.8 Å². The number of halogens is 1. The predicted octanol–water partition coefficient (Wildman–Crippen LogP) is 2.09. The maximum absolute atomic E-state index is 11.7. The van der Waals surface area contributed by atoms with Gasteiger partial charge in [0.2, 0.25) is 5.91 Å². The van der Waals surface area contributed by atoms with E-state index in [2.05, 4.69) is 21.2 Å². The predicted molar refractivity (Wildman–Crippen MR) is 70.0 cm³/mol. The Morgan fingerprint density at radius 3 is 2.71 bits per heavy atom. The van der Waals surface area contributed by atoms with Gasteiger partial charge in [0.1, 0.15) is 0 Å². The first kappa shape index (κ1) is 12.4. The minimum atomic E-state index is -0.286. The van der Waals surface area contributed by atoms with Crippen molar-refractivity contribution in [2.24, 2.45) is 0 Å². The summed E-state index contributed by atoms with van der Waals surface area (Å²) in [4.78, 5) is 25.3. The van der Waals surface area contributed by atoms with Crippen molar-refractivity contribution in [2.45, 2.75) is 4.90 Å². The van der Waals surface area contributed by atoms with Gasteiger partial charge in [0, 0.05) is 22.5 Å². The summed E-state index contributed by atoms with van der Waals surface area (Å²) in [5.41, 5.74) is 0. The zero-order valence-electron chi connectivity index (χ0n) is 8.98. The Bertz CT molecular complexity index is 436. The first-order valence-corrected chi connectivity index (χ1v) is 6.91. The summed E-state index contributed by atoms with van der Waals surface area (Å²) in [6.45, 7) is 1.02. The van der Waals surface area contributed by atoms with Gasteiger partial charge in [0.25, 0.3) is 0 Å². The molecule has 0 radical (unpaired) electrons. The van der Waals surface area contributed by atoms with Gasteiger partial charge in [-0.3, -0.25) is 9.69 Å². The van der Waals surface area contributed by atoms with E-state index >= 15 is 0 Å². The van der Waals surface area contributed by atoms with Crippen molar-refractivity contribution in [3.8, 4) is 0 Å². The molecule has 6 heteroatoms. The van der Waals surface area contributed by atoms with Gasteiger partial charge in [-0.1, -0.05) is 15.9 Å². The van der Waals surface area contributed by atoms with Crippen LogP contribution >= 0.6 is 27.7 Å². The van der Waals surface area contributed by atoms with Crippen molar-refractivity contribution in [3.63, 3.8) is 0 Å². The van der Waals surface area contributed by atoms with E-state index in [0.29, 0.717) is 13.1 Å². The first-order chi connectivity index (χ1) is 8.16. The zero-order valence-corrected chi connectivity index (χ0v) is 11.4. The van der Waals surface area contributed by atoms with Crippen LogP contribution in [0.15, 0.2) is 33.6 Å². The van der Waals surface area contributed by atoms with Gasteiger partial charge >= 0.3 is 6.03 Å². The van der Waals surface area contributed by atoms with Crippen LogP contribution in [0.1, 0.15) is 0 Å². The van der Waals surface area contributed by atoms with Crippen LogP contribution in [-0.4, -0.2) is 35.7 Å². The van der Waals surface area contributed by atoms with Crippen LogP contribution in [0.4, 0.5) is 4.79 Å². The molecule has 3 amide bonds. The number of amides is 3. The maximum atomic E-state index is 11.7. The second kappa shape index (κ2) is 5.55. The number of hydrogen-bond acceptors (Lipinski definition) is 3. The molecule has 1 aliphatic rings. The second-order valence-corrected chi connectivity index (χ2v) is 5.48. The highest BCUT2D eigenvalue weighted by atomic mass is 79.9. The maximum Gasteiger partial charge on any atom is 0.324 e. The van der Waals surface area contributed by atoms with E-state index in [-0.39, 0.29) is 17.7 Å². The van der Waals surface area contributed by atoms with Gasteiger partial charge in [-0.25, -0.2) is 4.79 Å². The molecule has 0 bridgehead atoms. The van der Waals surface area contributed by atoms with E-state index in [1.165, 1.54) is 16.7 Å². The highest BCUT2D eigenvalue weighted by molar-refractivity contribution is 9.10. The zero-order chi connectivity index (χ0) is 12.3. The summed E-state index contributed by atoms with van der Waals surface area (Å²) < 4.78 is 1.01. The molecule has 17 heavy (non-hydrogen) atoms. The van der Waals surface area contributed by atoms with Crippen molar-refractivity contribution < 1.29 is 9.59 Å². The number of nitrogens with one attached hydrogen (secondary N) is 1. The molecule has 0 aliphatic carbocycles. The van der Waals surface area contributed by atoms with Gasteiger partial charge < -0.3 is 5.32 Å². The number of rotatable bonds is 3. The lowest BCUT2D eigenvalue weighted by atomic mass is 10.4. The smallest absolute Gasteiger partial charge is 0.324 e. The topological polar surface area (TPSA) is 49.4 Å². The van der Waals surface area contributed by atoms with Crippen LogP contribution in [0.25, 0.3) is 0 Å². The molecule has 4 nitrogen and oxygen atoms in total. The Labute approximate surface area is 112 Å². The van der Waals surface area contributed by atoms with Crippen LogP contribution in [-0.2, 0) is 4.79 Å². The lowest BCUT2D eigenvalue weighted by molar-refractivity contribution is -0.124. The molecule has 0 atom stereocenters. The van der Waals surface area contributed by atoms with Gasteiger partial charge in [-0.05, 0) is 24.3 Å². The number of carbonyl (C=O) groups is 2. The molecule has 2 rings (SSSR count). The Morgan fingerprint density at radius 2 is 2.12 bits per heavy atom. The van der Waals surface area contributed by atoms with E-state index in [0.717, 1.165) is 9.37 Å². The molecular weight excluding hydrogens is 304 g/mol. The second-order valence-electron chi connectivity index (χ2n) is 3.52. The highest BCUT2D eigenvalue weighted by Crippen LogP contribution is 2.21. The van der Waals surface area contributed by atoms with Gasteiger partial charge in [-0.2, -0.15) is 0 Å². The Hall–Kier alpha value is -1.01. The number of carbonyl (C=O) groups excluding carboxylic acids is 2. The molecule has 1 heterocycles. The number of nitrogens with zero attached hydrogens (tertiary/aromatic N) is 1. The molecule has 1 aliphatic heterocycles. The van der Waals surface area contributed by atoms with Crippen LogP contribution in [0.3, 0.4) is 0 Å². The standard InChI is InChI=1S/C11H11BrN2O2S/c12-8-1-3-9(4-2-8)17-7-10(15)14-6-5-13-11(14)16/h1-4H,5-7H2,(H,13,16). The largest absolute Gasteiger partial charge is 0.336 e. The highest BCUT2D eigenvalue weighted by Gasteiger charge is 2.25. The molecule has 90 valence electrons. The molecule has 0 unspecified atom stereocenters. The molecule has 1 saturated heterocycles.